The summed E-state index contributed by atoms with van der Waals surface area (Å²) < 4.78 is 28.2. The van der Waals surface area contributed by atoms with Gasteiger partial charge in [0.2, 0.25) is 11.8 Å². The zero-order valence-corrected chi connectivity index (χ0v) is 22.0. The zero-order valence-electron chi connectivity index (χ0n) is 19.7. The van der Waals surface area contributed by atoms with Gasteiger partial charge in [-0.2, -0.15) is 12.7 Å². The largest absolute Gasteiger partial charge is 0.355 e. The highest BCUT2D eigenvalue weighted by Crippen LogP contribution is 2.25. The first kappa shape index (κ1) is 27.9. The van der Waals surface area contributed by atoms with E-state index in [9.17, 15) is 18.0 Å². The van der Waals surface area contributed by atoms with Crippen LogP contribution in [-0.2, 0) is 26.3 Å². The van der Waals surface area contributed by atoms with Gasteiger partial charge in [0.05, 0.1) is 5.69 Å². The summed E-state index contributed by atoms with van der Waals surface area (Å²) in [6, 6.07) is 12.4. The number of amides is 2. The Morgan fingerprint density at radius 1 is 1.03 bits per heavy atom. The summed E-state index contributed by atoms with van der Waals surface area (Å²) in [6.45, 7) is 3.48. The minimum atomic E-state index is -4.00. The number of hydrogen-bond donors (Lipinski definition) is 1. The fourth-order valence-corrected chi connectivity index (χ4v) is 4.88. The van der Waals surface area contributed by atoms with Gasteiger partial charge in [0.25, 0.3) is 0 Å². The summed E-state index contributed by atoms with van der Waals surface area (Å²) in [5.41, 5.74) is 0.920. The second-order valence-electron chi connectivity index (χ2n) is 7.71. The fraction of sp³-hybridized carbons (Fsp3) is 0.391. The van der Waals surface area contributed by atoms with Crippen molar-refractivity contribution >= 4 is 50.9 Å². The Bertz CT molecular complexity index is 1100. The van der Waals surface area contributed by atoms with E-state index in [4.69, 9.17) is 23.2 Å². The van der Waals surface area contributed by atoms with E-state index >= 15 is 0 Å². The number of likely N-dealkylation sites (N-methyl/N-ethyl adjacent to an activating group) is 1. The van der Waals surface area contributed by atoms with Gasteiger partial charge in [0.15, 0.2) is 0 Å². The van der Waals surface area contributed by atoms with E-state index < -0.39 is 28.7 Å². The molecule has 0 radical (unpaired) electrons. The second-order valence-corrected chi connectivity index (χ2v) is 10.6. The normalized spacial score (nSPS) is 12.3. The van der Waals surface area contributed by atoms with Gasteiger partial charge >= 0.3 is 10.2 Å². The van der Waals surface area contributed by atoms with Crippen LogP contribution >= 0.6 is 23.2 Å². The molecule has 8 nitrogen and oxygen atoms in total. The van der Waals surface area contributed by atoms with Crippen LogP contribution in [0.2, 0.25) is 10.0 Å². The molecule has 11 heteroatoms. The quantitative estimate of drug-likeness (QED) is 0.482. The van der Waals surface area contributed by atoms with Crippen LogP contribution in [0.15, 0.2) is 48.5 Å². The van der Waals surface area contributed by atoms with Crippen molar-refractivity contribution in [1.82, 2.24) is 14.5 Å². The predicted molar refractivity (Wildman–Crippen MR) is 136 cm³/mol. The minimum Gasteiger partial charge on any atom is -0.355 e. The monoisotopic (exact) mass is 528 g/mol. The van der Waals surface area contributed by atoms with E-state index in [0.29, 0.717) is 34.3 Å². The molecular formula is C23H30Cl2N4O4S. The molecule has 0 spiro atoms. The van der Waals surface area contributed by atoms with Gasteiger partial charge in [-0.15, -0.1) is 0 Å². The molecule has 2 amide bonds. The molecule has 0 saturated heterocycles. The maximum atomic E-state index is 13.6. The van der Waals surface area contributed by atoms with E-state index in [1.54, 1.807) is 62.4 Å². The van der Waals surface area contributed by atoms with Crippen LogP contribution in [0, 0.1) is 0 Å². The van der Waals surface area contributed by atoms with Gasteiger partial charge in [0.1, 0.15) is 12.6 Å². The Morgan fingerprint density at radius 2 is 1.68 bits per heavy atom. The molecule has 0 unspecified atom stereocenters. The molecule has 1 atom stereocenters. The first-order chi connectivity index (χ1) is 16.0. The molecule has 186 valence electrons. The van der Waals surface area contributed by atoms with Crippen LogP contribution < -0.4 is 9.62 Å². The van der Waals surface area contributed by atoms with Crippen molar-refractivity contribution in [2.75, 3.05) is 31.5 Å². The van der Waals surface area contributed by atoms with Gasteiger partial charge < -0.3 is 10.2 Å². The van der Waals surface area contributed by atoms with Crippen molar-refractivity contribution in [2.45, 2.75) is 32.9 Å². The Labute approximate surface area is 211 Å². The topological polar surface area (TPSA) is 90.0 Å². The first-order valence-electron chi connectivity index (χ1n) is 10.8. The van der Waals surface area contributed by atoms with Crippen molar-refractivity contribution in [2.24, 2.45) is 0 Å². The average molecular weight is 529 g/mol. The van der Waals surface area contributed by atoms with Crippen LogP contribution in [0.25, 0.3) is 0 Å². The molecule has 2 aromatic carbocycles. The maximum absolute atomic E-state index is 13.6. The number of carbonyl (C=O) groups excluding carboxylic acids is 2. The van der Waals surface area contributed by atoms with Crippen LogP contribution in [0.4, 0.5) is 5.69 Å². The van der Waals surface area contributed by atoms with Crippen LogP contribution in [-0.4, -0.2) is 62.7 Å². The van der Waals surface area contributed by atoms with E-state index in [-0.39, 0.29) is 12.5 Å². The highest BCUT2D eigenvalue weighted by atomic mass is 35.5. The third-order valence-corrected chi connectivity index (χ3v) is 7.56. The molecule has 34 heavy (non-hydrogen) atoms. The summed E-state index contributed by atoms with van der Waals surface area (Å²) in [6.07, 6.45) is 0.328. The van der Waals surface area contributed by atoms with Gasteiger partial charge in [-0.25, -0.2) is 4.31 Å². The van der Waals surface area contributed by atoms with Gasteiger partial charge in [-0.3, -0.25) is 9.59 Å². The number of carbonyl (C=O) groups is 2. The smallest absolute Gasteiger partial charge is 0.304 e. The molecule has 0 aliphatic heterocycles. The molecule has 0 aliphatic carbocycles. The number of nitrogens with zero attached hydrogens (tertiary/aromatic N) is 3. The Morgan fingerprint density at radius 3 is 2.21 bits per heavy atom. The average Bonchev–Trinajstić information content (AvgIpc) is 2.79. The van der Waals surface area contributed by atoms with Gasteiger partial charge in [-0.05, 0) is 43.2 Å². The summed E-state index contributed by atoms with van der Waals surface area (Å²) >= 11 is 12.4. The molecule has 0 fully saturated rings. The molecule has 0 heterocycles. The predicted octanol–water partition coefficient (Wildman–Crippen LogP) is 3.55. The summed E-state index contributed by atoms with van der Waals surface area (Å²) in [7, 11) is -1.21. The molecule has 0 bridgehead atoms. The first-order valence-corrected chi connectivity index (χ1v) is 12.9. The maximum Gasteiger partial charge on any atom is 0.304 e. The van der Waals surface area contributed by atoms with Gasteiger partial charge in [-0.1, -0.05) is 54.4 Å². The Balaban J connectivity index is 2.50. The molecule has 2 rings (SSSR count). The number of anilines is 1. The number of benzene rings is 2. The van der Waals surface area contributed by atoms with Crippen molar-refractivity contribution in [3.8, 4) is 0 Å². The van der Waals surface area contributed by atoms with Gasteiger partial charge in [0, 0.05) is 37.2 Å². The van der Waals surface area contributed by atoms with Crippen LogP contribution in [0.5, 0.6) is 0 Å². The molecule has 2 aromatic rings. The molecule has 1 N–H and O–H groups in total. The Hall–Kier alpha value is -2.33. The summed E-state index contributed by atoms with van der Waals surface area (Å²) in [4.78, 5) is 27.8. The fourth-order valence-electron chi connectivity index (χ4n) is 3.36. The molecule has 0 aliphatic rings. The molecule has 0 saturated carbocycles. The third kappa shape index (κ3) is 6.85. The number of para-hydroxylation sites is 1. The number of nitrogens with one attached hydrogen (secondary N) is 1. The molecular weight excluding hydrogens is 499 g/mol. The number of rotatable bonds is 11. The van der Waals surface area contributed by atoms with E-state index in [0.717, 1.165) is 8.61 Å². The van der Waals surface area contributed by atoms with Crippen molar-refractivity contribution in [3.63, 3.8) is 0 Å². The highest BCUT2D eigenvalue weighted by Gasteiger charge is 2.33. The summed E-state index contributed by atoms with van der Waals surface area (Å²) in [5.74, 6) is -0.872. The Kier molecular flexibility index (Phi) is 10.2. The van der Waals surface area contributed by atoms with Crippen molar-refractivity contribution < 1.29 is 18.0 Å². The van der Waals surface area contributed by atoms with Crippen molar-refractivity contribution in [1.29, 1.82) is 0 Å². The minimum absolute atomic E-state index is 0.00905. The summed E-state index contributed by atoms with van der Waals surface area (Å²) in [5, 5.41) is 3.53. The lowest BCUT2D eigenvalue weighted by Gasteiger charge is -2.34. The van der Waals surface area contributed by atoms with E-state index in [1.165, 1.54) is 19.0 Å². The van der Waals surface area contributed by atoms with E-state index in [2.05, 4.69) is 5.32 Å². The van der Waals surface area contributed by atoms with Crippen molar-refractivity contribution in [3.05, 3.63) is 64.1 Å². The lowest BCUT2D eigenvalue weighted by atomic mass is 10.1. The van der Waals surface area contributed by atoms with Crippen LogP contribution in [0.1, 0.15) is 25.8 Å². The molecule has 0 aromatic heterocycles. The standard InChI is InChI=1S/C23H30Cl2N4O4S/c1-5-21(23(31)26-6-2)28(15-17-12-13-18(24)14-20(17)25)22(30)16-29(34(32,33)27(3)4)19-10-8-7-9-11-19/h7-14,21H,5-6,15-16H2,1-4H3,(H,26,31)/t21-/m1/s1. The van der Waals surface area contributed by atoms with E-state index in [1.807, 2.05) is 0 Å². The zero-order chi connectivity index (χ0) is 25.5. The lowest BCUT2D eigenvalue weighted by molar-refractivity contribution is -0.140. The van der Waals surface area contributed by atoms with Crippen LogP contribution in [0.3, 0.4) is 0 Å². The third-order valence-electron chi connectivity index (χ3n) is 5.16. The number of hydrogen-bond acceptors (Lipinski definition) is 4. The second kappa shape index (κ2) is 12.4. The lowest BCUT2D eigenvalue weighted by Crippen LogP contribution is -2.53. The number of halogens is 2. The SMILES string of the molecule is CCNC(=O)[C@@H](CC)N(Cc1ccc(Cl)cc1Cl)C(=O)CN(c1ccccc1)S(=O)(=O)N(C)C. The highest BCUT2D eigenvalue weighted by molar-refractivity contribution is 7.90.